The first-order chi connectivity index (χ1) is 19.4. The first-order valence-corrected chi connectivity index (χ1v) is 14.2. The van der Waals surface area contributed by atoms with E-state index in [4.69, 9.17) is 10.2 Å². The van der Waals surface area contributed by atoms with Crippen molar-refractivity contribution >= 4 is 56.4 Å². The molecule has 182 valence electrons. The Balaban J connectivity index is 1.41. The van der Waals surface area contributed by atoms with Gasteiger partial charge in [0.1, 0.15) is 0 Å². The molecule has 0 radical (unpaired) electrons. The van der Waals surface area contributed by atoms with E-state index < -0.39 is 0 Å². The molecule has 2 aliphatic carbocycles. The van der Waals surface area contributed by atoms with Gasteiger partial charge in [0.25, 0.3) is 0 Å². The first kappa shape index (κ1) is 20.4. The smallest absolute Gasteiger partial charge is 0.241 e. The Hall–Kier alpha value is -4.61. The van der Waals surface area contributed by atoms with Crippen LogP contribution >= 0.6 is 11.8 Å². The third-order valence-corrected chi connectivity index (χ3v) is 9.88. The van der Waals surface area contributed by atoms with E-state index in [0.29, 0.717) is 5.25 Å². The summed E-state index contributed by atoms with van der Waals surface area (Å²) in [4.78, 5) is 1.41. The SMILES string of the molecule is C1=CC2Sc3ccc4c5c3c2c2c1ccc1c2c5c(n1-c1nnc(-c2ccccc2)n1-c1ccccc1)=CC4. The standard InChI is InChI=1S/C34H20N4S/c1-3-7-21(8-4-1)33-35-36-34(37(33)22-9-5-2-6-10-22)38-23-15-11-19-13-17-25-31-27(19)29(23)30-24(38)16-12-20-14-18-26(39-25)32(31)28(20)30/h1-11,13-18,25H,12H2. The minimum absolute atomic E-state index is 0.383. The maximum Gasteiger partial charge on any atom is 0.241 e. The molecule has 5 heteroatoms. The molecule has 0 fully saturated rings. The van der Waals surface area contributed by atoms with Gasteiger partial charge in [-0.15, -0.1) is 22.0 Å². The number of para-hydroxylation sites is 1. The fraction of sp³-hybridized carbons (Fsp3) is 0.0588. The van der Waals surface area contributed by atoms with Gasteiger partial charge in [-0.1, -0.05) is 78.9 Å². The molecule has 0 saturated heterocycles. The van der Waals surface area contributed by atoms with Crippen LogP contribution in [0.25, 0.3) is 67.6 Å². The van der Waals surface area contributed by atoms with Gasteiger partial charge >= 0.3 is 0 Å². The number of hydrogen-bond donors (Lipinski definition) is 0. The molecule has 0 amide bonds. The van der Waals surface area contributed by atoms with Gasteiger partial charge < -0.3 is 0 Å². The van der Waals surface area contributed by atoms with E-state index in [1.807, 2.05) is 17.8 Å². The van der Waals surface area contributed by atoms with Crippen molar-refractivity contribution in [3.8, 4) is 23.0 Å². The van der Waals surface area contributed by atoms with Crippen LogP contribution in [-0.4, -0.2) is 19.3 Å². The zero-order valence-electron chi connectivity index (χ0n) is 20.8. The molecular weight excluding hydrogens is 496 g/mol. The van der Waals surface area contributed by atoms with Crippen molar-refractivity contribution in [1.29, 1.82) is 0 Å². The summed E-state index contributed by atoms with van der Waals surface area (Å²) in [6.07, 6.45) is 8.02. The lowest BCUT2D eigenvalue weighted by atomic mass is 9.84. The lowest BCUT2D eigenvalue weighted by Gasteiger charge is -2.19. The molecule has 1 atom stereocenters. The largest absolute Gasteiger partial charge is 0.278 e. The van der Waals surface area contributed by atoms with E-state index in [-0.39, 0.29) is 0 Å². The fourth-order valence-electron chi connectivity index (χ4n) is 7.10. The zero-order valence-corrected chi connectivity index (χ0v) is 21.6. The summed E-state index contributed by atoms with van der Waals surface area (Å²) >= 11 is 2.00. The van der Waals surface area contributed by atoms with Crippen LogP contribution in [0.3, 0.4) is 0 Å². The average Bonchev–Trinajstić information content (AvgIpc) is 3.69. The highest BCUT2D eigenvalue weighted by Gasteiger charge is 2.34. The number of benzene rings is 5. The van der Waals surface area contributed by atoms with Crippen LogP contribution in [0.4, 0.5) is 0 Å². The number of nitrogens with zero attached hydrogens (tertiary/aromatic N) is 4. The summed E-state index contributed by atoms with van der Waals surface area (Å²) in [5.41, 5.74) is 7.53. The van der Waals surface area contributed by atoms with Crippen molar-refractivity contribution in [3.05, 3.63) is 113 Å². The van der Waals surface area contributed by atoms with Crippen molar-refractivity contribution in [2.24, 2.45) is 0 Å². The minimum Gasteiger partial charge on any atom is -0.278 e. The van der Waals surface area contributed by atoms with Crippen LogP contribution in [0.5, 0.6) is 0 Å². The van der Waals surface area contributed by atoms with Crippen LogP contribution < -0.4 is 5.35 Å². The quantitative estimate of drug-likeness (QED) is 0.229. The van der Waals surface area contributed by atoms with E-state index in [0.717, 1.165) is 29.4 Å². The van der Waals surface area contributed by atoms with Gasteiger partial charge in [-0.3, -0.25) is 9.13 Å². The van der Waals surface area contributed by atoms with Gasteiger partial charge in [-0.25, -0.2) is 0 Å². The normalized spacial score (nSPS) is 16.4. The molecular formula is C34H20N4S. The molecule has 1 aliphatic heterocycles. The highest BCUT2D eigenvalue weighted by molar-refractivity contribution is 8.00. The summed E-state index contributed by atoms with van der Waals surface area (Å²) in [6, 6.07) is 30.1. The van der Waals surface area contributed by atoms with Crippen LogP contribution in [-0.2, 0) is 6.42 Å². The number of aromatic nitrogens is 4. The number of hydrogen-bond acceptors (Lipinski definition) is 3. The van der Waals surface area contributed by atoms with Crippen LogP contribution in [0.2, 0.25) is 0 Å². The Labute approximate surface area is 227 Å². The molecule has 39 heavy (non-hydrogen) atoms. The summed E-state index contributed by atoms with van der Waals surface area (Å²) < 4.78 is 4.57. The fourth-order valence-corrected chi connectivity index (χ4v) is 8.36. The van der Waals surface area contributed by atoms with Crippen molar-refractivity contribution in [3.63, 3.8) is 0 Å². The third-order valence-electron chi connectivity index (χ3n) is 8.64. The Morgan fingerprint density at radius 3 is 2.44 bits per heavy atom. The maximum absolute atomic E-state index is 4.91. The van der Waals surface area contributed by atoms with Crippen LogP contribution in [0.15, 0.2) is 95.9 Å². The highest BCUT2D eigenvalue weighted by Crippen LogP contribution is 2.57. The van der Waals surface area contributed by atoms with Gasteiger partial charge in [-0.05, 0) is 58.1 Å². The van der Waals surface area contributed by atoms with Crippen molar-refractivity contribution < 1.29 is 0 Å². The van der Waals surface area contributed by atoms with Crippen molar-refractivity contribution in [2.75, 3.05) is 0 Å². The van der Waals surface area contributed by atoms with Gasteiger partial charge in [0.2, 0.25) is 5.95 Å². The molecule has 3 heterocycles. The lowest BCUT2D eigenvalue weighted by molar-refractivity contribution is 0.894. The van der Waals surface area contributed by atoms with Crippen LogP contribution in [0.1, 0.15) is 21.9 Å². The maximum atomic E-state index is 4.91. The third kappa shape index (κ3) is 2.43. The van der Waals surface area contributed by atoms with E-state index in [9.17, 15) is 0 Å². The van der Waals surface area contributed by atoms with Crippen molar-refractivity contribution in [2.45, 2.75) is 16.6 Å². The molecule has 0 bridgehead atoms. The first-order valence-electron chi connectivity index (χ1n) is 13.4. The minimum atomic E-state index is 0.383. The predicted octanol–water partition coefficient (Wildman–Crippen LogP) is 7.41. The van der Waals surface area contributed by atoms with Gasteiger partial charge in [-0.2, -0.15) is 0 Å². The number of thioether (sulfide) groups is 1. The van der Waals surface area contributed by atoms with E-state index in [2.05, 4.69) is 106 Å². The monoisotopic (exact) mass is 516 g/mol. The molecule has 5 aromatic carbocycles. The summed E-state index contributed by atoms with van der Waals surface area (Å²) in [6.45, 7) is 0. The average molecular weight is 517 g/mol. The second-order valence-corrected chi connectivity index (χ2v) is 11.8. The molecule has 0 N–H and O–H groups in total. The Morgan fingerprint density at radius 1 is 0.718 bits per heavy atom. The summed E-state index contributed by atoms with van der Waals surface area (Å²) in [5.74, 6) is 1.66. The van der Waals surface area contributed by atoms with Crippen molar-refractivity contribution in [1.82, 2.24) is 19.3 Å². The van der Waals surface area contributed by atoms with E-state index in [1.54, 1.807) is 0 Å². The second-order valence-electron chi connectivity index (χ2n) is 10.6. The molecule has 0 spiro atoms. The Bertz CT molecular complexity index is 2270. The molecule has 4 nitrogen and oxygen atoms in total. The molecule has 7 aromatic rings. The van der Waals surface area contributed by atoms with Crippen LogP contribution in [0, 0.1) is 0 Å². The molecule has 2 aromatic heterocycles. The molecule has 1 unspecified atom stereocenters. The Morgan fingerprint density at radius 2 is 1.56 bits per heavy atom. The van der Waals surface area contributed by atoms with E-state index in [1.165, 1.54) is 59.4 Å². The zero-order chi connectivity index (χ0) is 25.2. The predicted molar refractivity (Wildman–Crippen MR) is 160 cm³/mol. The molecule has 0 saturated carbocycles. The molecule has 10 rings (SSSR count). The topological polar surface area (TPSA) is 35.6 Å². The highest BCUT2D eigenvalue weighted by atomic mass is 32.2. The number of rotatable bonds is 3. The summed E-state index contributed by atoms with van der Waals surface area (Å²) in [5, 5.41) is 18.4. The van der Waals surface area contributed by atoms with Gasteiger partial charge in [0.15, 0.2) is 5.82 Å². The van der Waals surface area contributed by atoms with E-state index >= 15 is 0 Å². The lowest BCUT2D eigenvalue weighted by Crippen LogP contribution is -2.21. The second kappa shape index (κ2) is 7.07. The van der Waals surface area contributed by atoms with Gasteiger partial charge in [0.05, 0.1) is 21.8 Å². The summed E-state index contributed by atoms with van der Waals surface area (Å²) in [7, 11) is 0. The van der Waals surface area contributed by atoms with Gasteiger partial charge in [0, 0.05) is 26.6 Å². The Kier molecular flexibility index (Phi) is 3.69. The molecule has 3 aliphatic rings.